The fourth-order valence-electron chi connectivity index (χ4n) is 2.03. The van der Waals surface area contributed by atoms with Gasteiger partial charge in [0, 0.05) is 6.42 Å². The summed E-state index contributed by atoms with van der Waals surface area (Å²) < 4.78 is 269. The molecule has 0 aliphatic carbocycles. The molecule has 0 heterocycles. The second-order valence-corrected chi connectivity index (χ2v) is 7.87. The summed E-state index contributed by atoms with van der Waals surface area (Å²) in [7, 11) is -8.21. The first-order chi connectivity index (χ1) is 14.3. The van der Waals surface area contributed by atoms with Crippen molar-refractivity contribution in [2.24, 2.45) is 0 Å². The van der Waals surface area contributed by atoms with Gasteiger partial charge in [0.15, 0.2) is 10.1 Å². The van der Waals surface area contributed by atoms with Gasteiger partial charge in [0.2, 0.25) is 0 Å². The van der Waals surface area contributed by atoms with Crippen molar-refractivity contribution in [2.75, 3.05) is 0 Å². The molecule has 0 aliphatic rings. The van der Waals surface area contributed by atoms with Gasteiger partial charge in [-0.15, -0.1) is 0 Å². The Balaban J connectivity index is 0. The topological polar surface area (TPSA) is 57.2 Å². The van der Waals surface area contributed by atoms with E-state index in [2.05, 4.69) is 0 Å². The Kier molecular flexibility index (Phi) is 10.5. The molecule has 0 aromatic carbocycles. The molecule has 0 aromatic rings. The van der Waals surface area contributed by atoms with Gasteiger partial charge >= 0.3 is 104 Å². The van der Waals surface area contributed by atoms with Crippen molar-refractivity contribution in [2.45, 2.75) is 72.4 Å². The Morgan fingerprint density at radius 1 is 0.514 bits per heavy atom. The van der Waals surface area contributed by atoms with E-state index >= 15 is 0 Å². The molecule has 0 radical (unpaired) electrons. The minimum absolute atomic E-state index is 0. The van der Waals surface area contributed by atoms with Gasteiger partial charge in [-0.25, -0.2) is 8.42 Å². The number of hydrogen-bond acceptors (Lipinski definition) is 3. The van der Waals surface area contributed by atoms with E-state index in [0.717, 1.165) is 0 Å². The van der Waals surface area contributed by atoms with Crippen LogP contribution in [0.1, 0.15) is 19.8 Å². The Bertz CT molecular complexity index is 868. The fourth-order valence-corrected chi connectivity index (χ4v) is 2.47. The van der Waals surface area contributed by atoms with Gasteiger partial charge in [0.25, 0.3) is 0 Å². The Labute approximate surface area is 224 Å². The molecular formula is C12H7F18KO3S. The molecule has 0 aromatic heterocycles. The quantitative estimate of drug-likeness (QED) is 0.205. The van der Waals surface area contributed by atoms with Crippen LogP contribution in [0, 0.1) is 0 Å². The van der Waals surface area contributed by atoms with Gasteiger partial charge in [-0.3, -0.25) is 0 Å². The zero-order valence-electron chi connectivity index (χ0n) is 16.4. The van der Waals surface area contributed by atoms with Crippen molar-refractivity contribution in [3.05, 3.63) is 0 Å². The Morgan fingerprint density at radius 2 is 0.743 bits per heavy atom. The van der Waals surface area contributed by atoms with Crippen LogP contribution in [0.15, 0.2) is 0 Å². The van der Waals surface area contributed by atoms with Crippen molar-refractivity contribution in [3.63, 3.8) is 0 Å². The first-order valence-corrected chi connectivity index (χ1v) is 9.07. The van der Waals surface area contributed by atoms with E-state index < -0.39 is 75.6 Å². The third-order valence-electron chi connectivity index (χ3n) is 4.07. The summed E-state index contributed by atoms with van der Waals surface area (Å²) >= 11 is 0. The molecule has 0 unspecified atom stereocenters. The summed E-state index contributed by atoms with van der Waals surface area (Å²) in [6, 6.07) is 0. The van der Waals surface area contributed by atoms with Gasteiger partial charge in [-0.2, -0.15) is 79.0 Å². The Hall–Kier alpha value is 0.286. The molecule has 0 fully saturated rings. The molecule has 206 valence electrons. The zero-order chi connectivity index (χ0) is 28.4. The van der Waals surface area contributed by atoms with Crippen LogP contribution in [-0.4, -0.2) is 65.6 Å². The molecule has 0 saturated heterocycles. The number of hydrogen-bond donors (Lipinski definition) is 0. The second kappa shape index (κ2) is 9.79. The van der Waals surface area contributed by atoms with Crippen LogP contribution in [0.25, 0.3) is 0 Å². The predicted octanol–water partition coefficient (Wildman–Crippen LogP) is 3.01. The zero-order valence-corrected chi connectivity index (χ0v) is 20.3. The molecule has 35 heavy (non-hydrogen) atoms. The molecule has 0 rings (SSSR count). The normalized spacial score (nSPS) is 16.2. The standard InChI is InChI=1S/C12H8F18O3S.K/c1-2-3-4(13,14)5(15,16)6(17,18)7(19,20)8(21,22)9(23,24)10(25,26)11(27,28)12(29,30)34(31,32)33;/h2-3H2,1H3,(H,31,32,33);/q;+1/p-1. The van der Waals surface area contributed by atoms with E-state index in [0.29, 0.717) is 6.92 Å². The minimum Gasteiger partial charge on any atom is -0.743 e. The molecule has 0 aliphatic heterocycles. The monoisotopic (exact) mass is 612 g/mol. The maximum absolute atomic E-state index is 13.5. The van der Waals surface area contributed by atoms with E-state index in [-0.39, 0.29) is 51.4 Å². The third-order valence-corrected chi connectivity index (χ3v) is 4.95. The molecule has 0 bridgehead atoms. The first-order valence-electron chi connectivity index (χ1n) is 7.67. The van der Waals surface area contributed by atoms with Crippen LogP contribution in [0.5, 0.6) is 0 Å². The van der Waals surface area contributed by atoms with Gasteiger partial charge in [-0.05, 0) is 0 Å². The van der Waals surface area contributed by atoms with Gasteiger partial charge in [0.05, 0.1) is 0 Å². The van der Waals surface area contributed by atoms with Crippen molar-refractivity contribution < 1.29 is 143 Å². The first kappa shape index (κ1) is 37.4. The number of halogens is 18. The molecule has 23 heteroatoms. The molecular weight excluding hydrogens is 605 g/mol. The van der Waals surface area contributed by atoms with Crippen LogP contribution < -0.4 is 51.4 Å². The van der Waals surface area contributed by atoms with E-state index in [1.165, 1.54) is 0 Å². The summed E-state index contributed by atoms with van der Waals surface area (Å²) in [5.41, 5.74) is 0. The van der Waals surface area contributed by atoms with E-state index in [1.807, 2.05) is 0 Å². The van der Waals surface area contributed by atoms with Crippen LogP contribution >= 0.6 is 0 Å². The SMILES string of the molecule is CCCC(F)(F)C(F)(F)C(F)(F)C(F)(F)C(F)(F)C(F)(F)C(F)(F)C(F)(F)C(F)(F)S(=O)(=O)[O-].[K+]. The van der Waals surface area contributed by atoms with Crippen molar-refractivity contribution in [1.82, 2.24) is 0 Å². The summed E-state index contributed by atoms with van der Waals surface area (Å²) in [6.45, 7) is 0.496. The fraction of sp³-hybridized carbons (Fsp3) is 1.00. The Morgan fingerprint density at radius 3 is 0.971 bits per heavy atom. The van der Waals surface area contributed by atoms with Crippen LogP contribution in [0.2, 0.25) is 0 Å². The van der Waals surface area contributed by atoms with Crippen molar-refractivity contribution in [1.29, 1.82) is 0 Å². The van der Waals surface area contributed by atoms with Crippen molar-refractivity contribution >= 4 is 10.1 Å². The maximum atomic E-state index is 13.5. The summed E-state index contributed by atoms with van der Waals surface area (Å²) in [5.74, 6) is -67.1. The maximum Gasteiger partial charge on any atom is 1.00 e. The molecule has 0 atom stereocenters. The average molecular weight is 612 g/mol. The van der Waals surface area contributed by atoms with Crippen LogP contribution in [0.3, 0.4) is 0 Å². The van der Waals surface area contributed by atoms with Crippen LogP contribution in [-0.2, 0) is 10.1 Å². The van der Waals surface area contributed by atoms with Gasteiger partial charge < -0.3 is 4.55 Å². The number of rotatable bonds is 11. The van der Waals surface area contributed by atoms with E-state index in [9.17, 15) is 92.0 Å². The summed E-state index contributed by atoms with van der Waals surface area (Å²) in [5, 5.41) is -8.01. The average Bonchev–Trinajstić information content (AvgIpc) is 2.59. The van der Waals surface area contributed by atoms with Crippen LogP contribution in [0.4, 0.5) is 79.0 Å². The second-order valence-electron chi connectivity index (χ2n) is 6.45. The summed E-state index contributed by atoms with van der Waals surface area (Å²) in [6.07, 6.45) is -3.82. The van der Waals surface area contributed by atoms with Gasteiger partial charge in [-0.1, -0.05) is 13.3 Å². The summed E-state index contributed by atoms with van der Waals surface area (Å²) in [4.78, 5) is 0. The molecule has 0 amide bonds. The van der Waals surface area contributed by atoms with Gasteiger partial charge in [0.1, 0.15) is 0 Å². The minimum atomic E-state index is -9.03. The number of alkyl halides is 18. The molecule has 3 nitrogen and oxygen atoms in total. The van der Waals surface area contributed by atoms with E-state index in [1.54, 1.807) is 0 Å². The largest absolute Gasteiger partial charge is 1.00 e. The molecule has 0 N–H and O–H groups in total. The molecule has 0 spiro atoms. The third kappa shape index (κ3) is 4.91. The predicted molar refractivity (Wildman–Crippen MR) is 69.1 cm³/mol. The smallest absolute Gasteiger partial charge is 0.743 e. The van der Waals surface area contributed by atoms with E-state index in [4.69, 9.17) is 0 Å². The molecule has 0 saturated carbocycles. The van der Waals surface area contributed by atoms with Crippen molar-refractivity contribution in [3.8, 4) is 0 Å².